The van der Waals surface area contributed by atoms with E-state index >= 15 is 0 Å². The van der Waals surface area contributed by atoms with Gasteiger partial charge in [0.1, 0.15) is 5.75 Å². The second-order valence-corrected chi connectivity index (χ2v) is 6.65. The second kappa shape index (κ2) is 6.73. The largest absolute Gasteiger partial charge is 0.508 e. The maximum Gasteiger partial charge on any atom is 0.115 e. The van der Waals surface area contributed by atoms with Crippen LogP contribution in [0.2, 0.25) is 0 Å². The summed E-state index contributed by atoms with van der Waals surface area (Å²) in [5, 5.41) is 20.3. The summed E-state index contributed by atoms with van der Waals surface area (Å²) >= 11 is 0. The first-order valence-corrected chi connectivity index (χ1v) is 8.37. The Bertz CT molecular complexity index is 616. The van der Waals surface area contributed by atoms with Crippen molar-refractivity contribution in [2.24, 2.45) is 0 Å². The molecule has 23 heavy (non-hydrogen) atoms. The molecular weight excluding hydrogens is 286 g/mol. The highest BCUT2D eigenvalue weighted by Gasteiger charge is 2.34. The zero-order chi connectivity index (χ0) is 16.3. The molecule has 0 spiro atoms. The summed E-state index contributed by atoms with van der Waals surface area (Å²) in [5.74, 6) is 0.312. The van der Waals surface area contributed by atoms with Crippen LogP contribution < -0.4 is 0 Å². The zero-order valence-corrected chi connectivity index (χ0v) is 13.7. The minimum atomic E-state index is -0.685. The number of phenolic OH excluding ortho intramolecular Hbond substituents is 1. The van der Waals surface area contributed by atoms with Crippen molar-refractivity contribution >= 4 is 0 Å². The van der Waals surface area contributed by atoms with Crippen molar-refractivity contribution in [2.45, 2.75) is 37.8 Å². The average molecular weight is 311 g/mol. The first kappa shape index (κ1) is 16.0. The molecule has 1 aliphatic rings. The summed E-state index contributed by atoms with van der Waals surface area (Å²) in [6.45, 7) is 4.05. The summed E-state index contributed by atoms with van der Waals surface area (Å²) in [6, 6.07) is 17.9. The first-order valence-electron chi connectivity index (χ1n) is 8.37. The number of aromatic hydroxyl groups is 1. The van der Waals surface area contributed by atoms with Crippen LogP contribution in [-0.2, 0) is 12.0 Å². The van der Waals surface area contributed by atoms with Crippen molar-refractivity contribution in [3.05, 3.63) is 65.7 Å². The second-order valence-electron chi connectivity index (χ2n) is 6.65. The number of benzene rings is 2. The number of rotatable bonds is 4. The van der Waals surface area contributed by atoms with Crippen molar-refractivity contribution < 1.29 is 10.2 Å². The van der Waals surface area contributed by atoms with Crippen molar-refractivity contribution in [3.63, 3.8) is 0 Å². The predicted octanol–water partition coefficient (Wildman–Crippen LogP) is 3.31. The van der Waals surface area contributed by atoms with Crippen LogP contribution in [0.4, 0.5) is 0 Å². The van der Waals surface area contributed by atoms with Crippen LogP contribution in [0.25, 0.3) is 0 Å². The van der Waals surface area contributed by atoms with Crippen molar-refractivity contribution in [1.29, 1.82) is 0 Å². The molecule has 1 heterocycles. The molecule has 1 saturated heterocycles. The maximum absolute atomic E-state index is 10.9. The van der Waals surface area contributed by atoms with E-state index in [1.165, 1.54) is 5.56 Å². The third-order valence-corrected chi connectivity index (χ3v) is 5.03. The number of phenols is 1. The summed E-state index contributed by atoms with van der Waals surface area (Å²) in [6.07, 6.45) is 2.51. The standard InChI is InChI=1S/C20H25NO2/c1-16(15-17-7-9-19(22)10-8-17)21-13-11-20(23,12-14-21)18-5-3-2-4-6-18/h2-10,16,22-23H,11-15H2,1H3/t16-/m0/s1. The fourth-order valence-electron chi connectivity index (χ4n) is 3.47. The number of nitrogens with zero attached hydrogens (tertiary/aromatic N) is 1. The van der Waals surface area contributed by atoms with E-state index in [1.807, 2.05) is 42.5 Å². The molecule has 0 unspecified atom stereocenters. The highest BCUT2D eigenvalue weighted by molar-refractivity contribution is 5.26. The Balaban J connectivity index is 1.59. The molecule has 2 aromatic carbocycles. The molecule has 3 nitrogen and oxygen atoms in total. The third-order valence-electron chi connectivity index (χ3n) is 5.03. The zero-order valence-electron chi connectivity index (χ0n) is 13.7. The molecule has 0 aliphatic carbocycles. The van der Waals surface area contributed by atoms with E-state index in [0.29, 0.717) is 11.8 Å². The van der Waals surface area contributed by atoms with E-state index in [0.717, 1.165) is 37.9 Å². The van der Waals surface area contributed by atoms with Crippen molar-refractivity contribution in [2.75, 3.05) is 13.1 Å². The van der Waals surface area contributed by atoms with E-state index in [-0.39, 0.29) is 0 Å². The molecular formula is C20H25NO2. The quantitative estimate of drug-likeness (QED) is 0.910. The van der Waals surface area contributed by atoms with E-state index in [9.17, 15) is 10.2 Å². The van der Waals surface area contributed by atoms with Gasteiger partial charge >= 0.3 is 0 Å². The minimum Gasteiger partial charge on any atom is -0.508 e. The molecule has 0 amide bonds. The van der Waals surface area contributed by atoms with Crippen molar-refractivity contribution in [1.82, 2.24) is 4.90 Å². The average Bonchev–Trinajstić information content (AvgIpc) is 2.58. The maximum atomic E-state index is 10.9. The lowest BCUT2D eigenvalue weighted by Gasteiger charge is -2.41. The van der Waals surface area contributed by atoms with Gasteiger partial charge in [0.25, 0.3) is 0 Å². The lowest BCUT2D eigenvalue weighted by molar-refractivity contribution is -0.0339. The molecule has 122 valence electrons. The van der Waals surface area contributed by atoms with Crippen LogP contribution in [0.15, 0.2) is 54.6 Å². The molecule has 3 heteroatoms. The molecule has 0 aromatic heterocycles. The number of aliphatic hydroxyl groups is 1. The molecule has 2 N–H and O–H groups in total. The van der Waals surface area contributed by atoms with Gasteiger partial charge in [-0.25, -0.2) is 0 Å². The van der Waals surface area contributed by atoms with Gasteiger partial charge in [-0.2, -0.15) is 0 Å². The normalized spacial score (nSPS) is 19.4. The topological polar surface area (TPSA) is 43.7 Å². The van der Waals surface area contributed by atoms with Gasteiger partial charge in [0, 0.05) is 19.1 Å². The fourth-order valence-corrected chi connectivity index (χ4v) is 3.47. The third kappa shape index (κ3) is 3.74. The summed E-state index contributed by atoms with van der Waals surface area (Å²) in [7, 11) is 0. The highest BCUT2D eigenvalue weighted by Crippen LogP contribution is 2.33. The number of hydrogen-bond acceptors (Lipinski definition) is 3. The van der Waals surface area contributed by atoms with Gasteiger partial charge in [-0.05, 0) is 49.4 Å². The summed E-state index contributed by atoms with van der Waals surface area (Å²) < 4.78 is 0. The fraction of sp³-hybridized carbons (Fsp3) is 0.400. The van der Waals surface area contributed by atoms with Crippen molar-refractivity contribution in [3.8, 4) is 5.75 Å². The van der Waals surface area contributed by atoms with Crippen LogP contribution in [0.3, 0.4) is 0 Å². The molecule has 2 aromatic rings. The van der Waals surface area contributed by atoms with Crippen LogP contribution in [0.5, 0.6) is 5.75 Å². The Hall–Kier alpha value is -1.84. The van der Waals surface area contributed by atoms with Gasteiger partial charge in [0.05, 0.1) is 5.60 Å². The monoisotopic (exact) mass is 311 g/mol. The van der Waals surface area contributed by atoms with Gasteiger partial charge in [-0.15, -0.1) is 0 Å². The SMILES string of the molecule is C[C@@H](Cc1ccc(O)cc1)N1CCC(O)(c2ccccc2)CC1. The number of piperidine rings is 1. The smallest absolute Gasteiger partial charge is 0.115 e. The molecule has 1 fully saturated rings. The van der Waals surface area contributed by atoms with Gasteiger partial charge in [-0.1, -0.05) is 42.5 Å². The van der Waals surface area contributed by atoms with Gasteiger partial charge < -0.3 is 15.1 Å². The molecule has 0 radical (unpaired) electrons. The summed E-state index contributed by atoms with van der Waals surface area (Å²) in [4.78, 5) is 2.45. The summed E-state index contributed by atoms with van der Waals surface area (Å²) in [5.41, 5.74) is 1.58. The van der Waals surface area contributed by atoms with Gasteiger partial charge in [0.15, 0.2) is 0 Å². The Kier molecular flexibility index (Phi) is 4.69. The first-order chi connectivity index (χ1) is 11.1. The van der Waals surface area contributed by atoms with E-state index in [4.69, 9.17) is 0 Å². The van der Waals surface area contributed by atoms with Crippen LogP contribution in [0.1, 0.15) is 30.9 Å². The Labute approximate surface area is 138 Å². The number of hydrogen-bond donors (Lipinski definition) is 2. The Morgan fingerprint density at radius 3 is 2.22 bits per heavy atom. The predicted molar refractivity (Wildman–Crippen MR) is 92.4 cm³/mol. The van der Waals surface area contributed by atoms with E-state index in [2.05, 4.69) is 11.8 Å². The highest BCUT2D eigenvalue weighted by atomic mass is 16.3. The van der Waals surface area contributed by atoms with E-state index < -0.39 is 5.60 Å². The van der Waals surface area contributed by atoms with Gasteiger partial charge in [0.2, 0.25) is 0 Å². The Morgan fingerprint density at radius 1 is 1.00 bits per heavy atom. The van der Waals surface area contributed by atoms with Crippen LogP contribution in [0, 0.1) is 0 Å². The van der Waals surface area contributed by atoms with Crippen LogP contribution >= 0.6 is 0 Å². The molecule has 0 saturated carbocycles. The number of likely N-dealkylation sites (tertiary alicyclic amines) is 1. The van der Waals surface area contributed by atoms with Crippen LogP contribution in [-0.4, -0.2) is 34.2 Å². The lowest BCUT2D eigenvalue weighted by atomic mass is 9.84. The lowest BCUT2D eigenvalue weighted by Crippen LogP contribution is -2.46. The van der Waals surface area contributed by atoms with E-state index in [1.54, 1.807) is 12.1 Å². The molecule has 0 bridgehead atoms. The molecule has 1 aliphatic heterocycles. The molecule has 1 atom stereocenters. The Morgan fingerprint density at radius 2 is 1.61 bits per heavy atom. The molecule has 3 rings (SSSR count). The minimum absolute atomic E-state index is 0.312. The van der Waals surface area contributed by atoms with Gasteiger partial charge in [-0.3, -0.25) is 0 Å².